The van der Waals surface area contributed by atoms with E-state index in [0.29, 0.717) is 12.2 Å². The second kappa shape index (κ2) is 7.88. The van der Waals surface area contributed by atoms with Gasteiger partial charge in [0.05, 0.1) is 0 Å². The van der Waals surface area contributed by atoms with Gasteiger partial charge >= 0.3 is 11.9 Å². The maximum atomic E-state index is 12.2. The van der Waals surface area contributed by atoms with Crippen molar-refractivity contribution >= 4 is 17.8 Å². The molecule has 1 amide bonds. The van der Waals surface area contributed by atoms with Crippen LogP contribution in [0.5, 0.6) is 5.75 Å². The van der Waals surface area contributed by atoms with Crippen LogP contribution in [-0.2, 0) is 14.4 Å². The van der Waals surface area contributed by atoms with Crippen LogP contribution in [0.15, 0.2) is 30.3 Å². The molecule has 2 N–H and O–H groups in total. The van der Waals surface area contributed by atoms with Crippen molar-refractivity contribution in [3.63, 3.8) is 0 Å². The van der Waals surface area contributed by atoms with Crippen LogP contribution in [0.2, 0.25) is 0 Å². The van der Waals surface area contributed by atoms with Gasteiger partial charge in [-0.1, -0.05) is 25.1 Å². The summed E-state index contributed by atoms with van der Waals surface area (Å²) < 4.78 is 5.49. The molecule has 0 aliphatic heterocycles. The quantitative estimate of drug-likeness (QED) is 0.736. The van der Waals surface area contributed by atoms with Gasteiger partial charge in [0.2, 0.25) is 0 Å². The molecule has 7 nitrogen and oxygen atoms in total. The maximum Gasteiger partial charge on any atom is 0.323 e. The van der Waals surface area contributed by atoms with Gasteiger partial charge in [0.25, 0.3) is 5.91 Å². The summed E-state index contributed by atoms with van der Waals surface area (Å²) in [5.74, 6) is -2.76. The highest BCUT2D eigenvalue weighted by Gasteiger charge is 2.27. The SMILES string of the molecule is CCC(Oc1ccccc1)C(=O)N(CC(=O)O)CC(=O)O. The van der Waals surface area contributed by atoms with E-state index in [-0.39, 0.29) is 0 Å². The molecule has 7 heteroatoms. The Morgan fingerprint density at radius 3 is 2.05 bits per heavy atom. The molecule has 0 aliphatic rings. The second-order valence-electron chi connectivity index (χ2n) is 4.31. The van der Waals surface area contributed by atoms with E-state index in [1.807, 2.05) is 0 Å². The summed E-state index contributed by atoms with van der Waals surface area (Å²) in [6, 6.07) is 8.58. The highest BCUT2D eigenvalue weighted by atomic mass is 16.5. The molecule has 1 unspecified atom stereocenters. The number of carbonyl (C=O) groups excluding carboxylic acids is 1. The van der Waals surface area contributed by atoms with E-state index < -0.39 is 37.0 Å². The molecule has 0 radical (unpaired) electrons. The van der Waals surface area contributed by atoms with Crippen LogP contribution < -0.4 is 4.74 Å². The fourth-order valence-corrected chi connectivity index (χ4v) is 1.71. The van der Waals surface area contributed by atoms with Crippen molar-refractivity contribution in [3.8, 4) is 5.75 Å². The first-order valence-electron chi connectivity index (χ1n) is 6.38. The van der Waals surface area contributed by atoms with E-state index in [2.05, 4.69) is 0 Å². The molecule has 0 bridgehead atoms. The number of ether oxygens (including phenoxy) is 1. The summed E-state index contributed by atoms with van der Waals surface area (Å²) in [4.78, 5) is 34.5. The third kappa shape index (κ3) is 5.52. The lowest BCUT2D eigenvalue weighted by Gasteiger charge is -2.24. The summed E-state index contributed by atoms with van der Waals surface area (Å²) in [7, 11) is 0. The number of amides is 1. The minimum absolute atomic E-state index is 0.295. The lowest BCUT2D eigenvalue weighted by atomic mass is 10.2. The average Bonchev–Trinajstić information content (AvgIpc) is 2.43. The number of nitrogens with zero attached hydrogens (tertiary/aromatic N) is 1. The van der Waals surface area contributed by atoms with Gasteiger partial charge in [0.1, 0.15) is 18.8 Å². The van der Waals surface area contributed by atoms with Crippen molar-refractivity contribution in [2.45, 2.75) is 19.4 Å². The van der Waals surface area contributed by atoms with Crippen molar-refractivity contribution < 1.29 is 29.3 Å². The molecule has 0 fully saturated rings. The summed E-state index contributed by atoms with van der Waals surface area (Å²) >= 11 is 0. The van der Waals surface area contributed by atoms with Crippen molar-refractivity contribution in [1.82, 2.24) is 4.90 Å². The predicted octanol–water partition coefficient (Wildman–Crippen LogP) is 0.842. The van der Waals surface area contributed by atoms with E-state index >= 15 is 0 Å². The number of carboxylic acids is 2. The monoisotopic (exact) mass is 295 g/mol. The Kier molecular flexibility index (Phi) is 6.19. The van der Waals surface area contributed by atoms with Crippen LogP contribution in [-0.4, -0.2) is 52.2 Å². The Morgan fingerprint density at radius 1 is 1.10 bits per heavy atom. The zero-order chi connectivity index (χ0) is 15.8. The molecular formula is C14H17NO6. The molecule has 0 saturated carbocycles. The Morgan fingerprint density at radius 2 is 1.62 bits per heavy atom. The van der Waals surface area contributed by atoms with E-state index in [1.54, 1.807) is 37.3 Å². The number of benzene rings is 1. The number of carboxylic acid groups (broad SMARTS) is 2. The largest absolute Gasteiger partial charge is 0.481 e. The topological polar surface area (TPSA) is 104 Å². The van der Waals surface area contributed by atoms with Gasteiger partial charge in [0, 0.05) is 0 Å². The zero-order valence-electron chi connectivity index (χ0n) is 11.6. The van der Waals surface area contributed by atoms with Crippen LogP contribution in [0.4, 0.5) is 0 Å². The Labute approximate surface area is 121 Å². The van der Waals surface area contributed by atoms with E-state index in [9.17, 15) is 14.4 Å². The number of hydrogen-bond donors (Lipinski definition) is 2. The Balaban J connectivity index is 2.82. The molecule has 0 aliphatic carbocycles. The molecular weight excluding hydrogens is 278 g/mol. The van der Waals surface area contributed by atoms with Crippen LogP contribution >= 0.6 is 0 Å². The highest BCUT2D eigenvalue weighted by molar-refractivity contribution is 5.88. The van der Waals surface area contributed by atoms with Gasteiger partial charge in [-0.2, -0.15) is 0 Å². The van der Waals surface area contributed by atoms with Crippen molar-refractivity contribution in [1.29, 1.82) is 0 Å². The fourth-order valence-electron chi connectivity index (χ4n) is 1.71. The molecule has 0 spiro atoms. The maximum absolute atomic E-state index is 12.2. The summed E-state index contributed by atoms with van der Waals surface area (Å²) in [6.45, 7) is 0.338. The number of aliphatic carboxylic acids is 2. The molecule has 1 rings (SSSR count). The number of rotatable bonds is 8. The first kappa shape index (κ1) is 16.5. The van der Waals surface area contributed by atoms with Crippen LogP contribution in [0.3, 0.4) is 0 Å². The first-order chi connectivity index (χ1) is 9.93. The fraction of sp³-hybridized carbons (Fsp3) is 0.357. The molecule has 0 heterocycles. The smallest absolute Gasteiger partial charge is 0.323 e. The lowest BCUT2D eigenvalue weighted by molar-refractivity contribution is -0.152. The second-order valence-corrected chi connectivity index (χ2v) is 4.31. The molecule has 1 aromatic rings. The summed E-state index contributed by atoms with van der Waals surface area (Å²) in [5.41, 5.74) is 0. The van der Waals surface area contributed by atoms with Gasteiger partial charge in [-0.15, -0.1) is 0 Å². The standard InChI is InChI=1S/C14H17NO6/c1-2-11(21-10-6-4-3-5-7-10)14(20)15(8-12(16)17)9-13(18)19/h3-7,11H,2,8-9H2,1H3,(H,16,17)(H,18,19). The van der Waals surface area contributed by atoms with E-state index in [1.165, 1.54) is 0 Å². The molecule has 1 atom stereocenters. The van der Waals surface area contributed by atoms with Gasteiger partial charge < -0.3 is 19.8 Å². The minimum Gasteiger partial charge on any atom is -0.481 e. The van der Waals surface area contributed by atoms with Crippen LogP contribution in [0.25, 0.3) is 0 Å². The van der Waals surface area contributed by atoms with Gasteiger partial charge in [-0.3, -0.25) is 14.4 Å². The summed E-state index contributed by atoms with van der Waals surface area (Å²) in [5, 5.41) is 17.5. The molecule has 114 valence electrons. The van der Waals surface area contributed by atoms with E-state index in [4.69, 9.17) is 14.9 Å². The normalized spacial score (nSPS) is 11.5. The predicted molar refractivity (Wildman–Crippen MR) is 73.0 cm³/mol. The number of para-hydroxylation sites is 1. The third-order valence-corrected chi connectivity index (χ3v) is 2.63. The Bertz CT molecular complexity index is 485. The number of hydrogen-bond acceptors (Lipinski definition) is 4. The lowest BCUT2D eigenvalue weighted by Crippen LogP contribution is -2.46. The minimum atomic E-state index is -1.28. The molecule has 1 aromatic carbocycles. The van der Waals surface area contributed by atoms with Crippen LogP contribution in [0.1, 0.15) is 13.3 Å². The molecule has 0 saturated heterocycles. The highest BCUT2D eigenvalue weighted by Crippen LogP contribution is 2.14. The average molecular weight is 295 g/mol. The molecule has 0 aromatic heterocycles. The first-order valence-corrected chi connectivity index (χ1v) is 6.38. The van der Waals surface area contributed by atoms with Crippen LogP contribution in [0, 0.1) is 0 Å². The van der Waals surface area contributed by atoms with Crippen molar-refractivity contribution in [2.75, 3.05) is 13.1 Å². The summed E-state index contributed by atoms with van der Waals surface area (Å²) in [6.07, 6.45) is -0.630. The van der Waals surface area contributed by atoms with Gasteiger partial charge in [-0.25, -0.2) is 0 Å². The van der Waals surface area contributed by atoms with Crippen molar-refractivity contribution in [2.24, 2.45) is 0 Å². The van der Waals surface area contributed by atoms with E-state index in [0.717, 1.165) is 4.90 Å². The third-order valence-electron chi connectivity index (χ3n) is 2.63. The number of carbonyl (C=O) groups is 3. The van der Waals surface area contributed by atoms with Gasteiger partial charge in [-0.05, 0) is 18.6 Å². The molecule has 21 heavy (non-hydrogen) atoms. The Hall–Kier alpha value is -2.57. The van der Waals surface area contributed by atoms with Crippen molar-refractivity contribution in [3.05, 3.63) is 30.3 Å². The van der Waals surface area contributed by atoms with Gasteiger partial charge in [0.15, 0.2) is 6.10 Å². The zero-order valence-corrected chi connectivity index (χ0v) is 11.6.